The molecule has 0 aliphatic heterocycles. The molecule has 0 bridgehead atoms. The van der Waals surface area contributed by atoms with Crippen LogP contribution in [0.1, 0.15) is 23.6 Å². The molecule has 0 N–H and O–H groups in total. The highest BCUT2D eigenvalue weighted by Gasteiger charge is 1.99. The average Bonchev–Trinajstić information content (AvgIpc) is 1.88. The number of hydrogen-bond acceptors (Lipinski definition) is 3. The van der Waals surface area contributed by atoms with E-state index in [-0.39, 0.29) is 5.25 Å². The van der Waals surface area contributed by atoms with E-state index in [1.807, 2.05) is 13.8 Å². The maximum atomic E-state index is 4.23. The third kappa shape index (κ3) is 1.70. The van der Waals surface area contributed by atoms with Crippen LogP contribution in [0.25, 0.3) is 0 Å². The molecule has 1 aromatic heterocycles. The highest BCUT2D eigenvalue weighted by Crippen LogP contribution is 2.14. The summed E-state index contributed by atoms with van der Waals surface area (Å²) >= 11 is 4.23. The van der Waals surface area contributed by atoms with Crippen molar-refractivity contribution < 1.29 is 0 Å². The van der Waals surface area contributed by atoms with Gasteiger partial charge in [-0.25, -0.2) is 0 Å². The van der Waals surface area contributed by atoms with Crippen molar-refractivity contribution in [1.29, 1.82) is 0 Å². The standard InChI is InChI=1S/C7H10N2S/c1-5-3-8-4-7(9-5)6(2)10/h3-4,6,10H,1-2H3/t6-/m1/s1. The molecule has 10 heavy (non-hydrogen) atoms. The van der Waals surface area contributed by atoms with Gasteiger partial charge in [-0.2, -0.15) is 12.6 Å². The molecule has 1 heterocycles. The molecule has 0 aliphatic rings. The van der Waals surface area contributed by atoms with Crippen LogP contribution in [0, 0.1) is 6.92 Å². The zero-order valence-corrected chi connectivity index (χ0v) is 6.97. The summed E-state index contributed by atoms with van der Waals surface area (Å²) in [4.78, 5) is 8.23. The molecule has 3 heteroatoms. The van der Waals surface area contributed by atoms with Crippen LogP contribution >= 0.6 is 12.6 Å². The number of nitrogens with zero attached hydrogens (tertiary/aromatic N) is 2. The van der Waals surface area contributed by atoms with Crippen molar-refractivity contribution >= 4 is 12.6 Å². The quantitative estimate of drug-likeness (QED) is 0.624. The molecule has 1 rings (SSSR count). The Morgan fingerprint density at radius 2 is 2.20 bits per heavy atom. The van der Waals surface area contributed by atoms with Crippen LogP contribution in [0.15, 0.2) is 12.4 Å². The molecule has 54 valence electrons. The second-order valence-corrected chi connectivity index (χ2v) is 3.04. The summed E-state index contributed by atoms with van der Waals surface area (Å²) in [5.41, 5.74) is 1.88. The molecule has 1 atom stereocenters. The van der Waals surface area contributed by atoms with Crippen LogP contribution in [0.5, 0.6) is 0 Å². The predicted molar refractivity (Wildman–Crippen MR) is 44.2 cm³/mol. The summed E-state index contributed by atoms with van der Waals surface area (Å²) < 4.78 is 0. The van der Waals surface area contributed by atoms with Gasteiger partial charge < -0.3 is 0 Å². The first-order valence-corrected chi connectivity index (χ1v) is 3.68. The molecule has 0 saturated heterocycles. The van der Waals surface area contributed by atoms with Crippen LogP contribution < -0.4 is 0 Å². The van der Waals surface area contributed by atoms with E-state index in [2.05, 4.69) is 22.6 Å². The molecule has 0 aliphatic carbocycles. The first kappa shape index (κ1) is 7.54. The van der Waals surface area contributed by atoms with Gasteiger partial charge in [-0.3, -0.25) is 9.97 Å². The lowest BCUT2D eigenvalue weighted by molar-refractivity contribution is 0.955. The Labute approximate surface area is 66.1 Å². The number of aromatic nitrogens is 2. The van der Waals surface area contributed by atoms with Crippen molar-refractivity contribution in [2.75, 3.05) is 0 Å². The molecule has 0 spiro atoms. The Kier molecular flexibility index (Phi) is 2.27. The van der Waals surface area contributed by atoms with Gasteiger partial charge in [-0.15, -0.1) is 0 Å². The predicted octanol–water partition coefficient (Wildman–Crippen LogP) is 1.78. The summed E-state index contributed by atoms with van der Waals surface area (Å²) in [6, 6.07) is 0. The Morgan fingerprint density at radius 1 is 1.50 bits per heavy atom. The lowest BCUT2D eigenvalue weighted by Gasteiger charge is -2.01. The van der Waals surface area contributed by atoms with E-state index in [4.69, 9.17) is 0 Å². The molecule has 0 aromatic carbocycles. The second-order valence-electron chi connectivity index (χ2n) is 2.26. The Hall–Kier alpha value is -0.570. The van der Waals surface area contributed by atoms with Gasteiger partial charge in [0.15, 0.2) is 0 Å². The van der Waals surface area contributed by atoms with E-state index in [1.165, 1.54) is 0 Å². The van der Waals surface area contributed by atoms with E-state index in [9.17, 15) is 0 Å². The van der Waals surface area contributed by atoms with Gasteiger partial charge in [-0.1, -0.05) is 0 Å². The largest absolute Gasteiger partial charge is 0.261 e. The molecule has 1 aromatic rings. The first-order valence-electron chi connectivity index (χ1n) is 3.17. The third-order valence-electron chi connectivity index (χ3n) is 1.20. The van der Waals surface area contributed by atoms with Crippen molar-refractivity contribution in [2.24, 2.45) is 0 Å². The van der Waals surface area contributed by atoms with Crippen LogP contribution in [0.2, 0.25) is 0 Å². The van der Waals surface area contributed by atoms with Gasteiger partial charge in [0.05, 0.1) is 11.4 Å². The van der Waals surface area contributed by atoms with E-state index < -0.39 is 0 Å². The highest BCUT2D eigenvalue weighted by molar-refractivity contribution is 7.80. The molecule has 2 nitrogen and oxygen atoms in total. The minimum atomic E-state index is 0.174. The number of hydrogen-bond donors (Lipinski definition) is 1. The van der Waals surface area contributed by atoms with E-state index in [1.54, 1.807) is 12.4 Å². The highest BCUT2D eigenvalue weighted by atomic mass is 32.1. The fourth-order valence-corrected chi connectivity index (χ4v) is 0.809. The van der Waals surface area contributed by atoms with E-state index in [0.717, 1.165) is 11.4 Å². The smallest absolute Gasteiger partial charge is 0.0714 e. The van der Waals surface area contributed by atoms with Crippen LogP contribution in [0.4, 0.5) is 0 Å². The molecular formula is C7H10N2S. The van der Waals surface area contributed by atoms with E-state index >= 15 is 0 Å². The maximum Gasteiger partial charge on any atom is 0.0714 e. The molecule has 0 fully saturated rings. The molecule has 0 unspecified atom stereocenters. The SMILES string of the molecule is Cc1cncc([C@@H](C)S)n1. The van der Waals surface area contributed by atoms with Crippen LogP contribution in [0.3, 0.4) is 0 Å². The lowest BCUT2D eigenvalue weighted by atomic mass is 10.3. The topological polar surface area (TPSA) is 25.8 Å². The lowest BCUT2D eigenvalue weighted by Crippen LogP contribution is -1.93. The molecule has 0 radical (unpaired) electrons. The van der Waals surface area contributed by atoms with Crippen LogP contribution in [-0.4, -0.2) is 9.97 Å². The fraction of sp³-hybridized carbons (Fsp3) is 0.429. The number of rotatable bonds is 1. The summed E-state index contributed by atoms with van der Waals surface area (Å²) in [7, 11) is 0. The molecule has 0 saturated carbocycles. The van der Waals surface area contributed by atoms with Gasteiger partial charge in [0, 0.05) is 17.6 Å². The molecule has 0 amide bonds. The zero-order valence-electron chi connectivity index (χ0n) is 6.07. The number of thiol groups is 1. The minimum absolute atomic E-state index is 0.174. The summed E-state index contributed by atoms with van der Waals surface area (Å²) in [5, 5.41) is 0.174. The van der Waals surface area contributed by atoms with Crippen molar-refractivity contribution in [1.82, 2.24) is 9.97 Å². The van der Waals surface area contributed by atoms with Gasteiger partial charge in [0.25, 0.3) is 0 Å². The van der Waals surface area contributed by atoms with Gasteiger partial charge >= 0.3 is 0 Å². The monoisotopic (exact) mass is 154 g/mol. The Balaban J connectivity index is 2.96. The normalized spacial score (nSPS) is 13.1. The van der Waals surface area contributed by atoms with Crippen molar-refractivity contribution in [3.05, 3.63) is 23.8 Å². The summed E-state index contributed by atoms with van der Waals surface area (Å²) in [6.45, 7) is 3.90. The van der Waals surface area contributed by atoms with Crippen molar-refractivity contribution in [2.45, 2.75) is 19.1 Å². The van der Waals surface area contributed by atoms with Crippen molar-refractivity contribution in [3.63, 3.8) is 0 Å². The maximum absolute atomic E-state index is 4.23. The summed E-state index contributed by atoms with van der Waals surface area (Å²) in [6.07, 6.45) is 3.48. The van der Waals surface area contributed by atoms with Crippen LogP contribution in [-0.2, 0) is 0 Å². The van der Waals surface area contributed by atoms with Crippen molar-refractivity contribution in [3.8, 4) is 0 Å². The third-order valence-corrected chi connectivity index (χ3v) is 1.47. The van der Waals surface area contributed by atoms with Gasteiger partial charge in [0.2, 0.25) is 0 Å². The van der Waals surface area contributed by atoms with Gasteiger partial charge in [0.1, 0.15) is 0 Å². The fourth-order valence-electron chi connectivity index (χ4n) is 0.684. The first-order chi connectivity index (χ1) is 4.70. The van der Waals surface area contributed by atoms with E-state index in [0.29, 0.717) is 0 Å². The number of aryl methyl sites for hydroxylation is 1. The Morgan fingerprint density at radius 3 is 2.60 bits per heavy atom. The molecular weight excluding hydrogens is 144 g/mol. The average molecular weight is 154 g/mol. The second kappa shape index (κ2) is 3.01. The zero-order chi connectivity index (χ0) is 7.56. The Bertz CT molecular complexity index is 223. The minimum Gasteiger partial charge on any atom is -0.261 e. The van der Waals surface area contributed by atoms with Gasteiger partial charge in [-0.05, 0) is 13.8 Å². The summed E-state index contributed by atoms with van der Waals surface area (Å²) in [5.74, 6) is 0.